The lowest BCUT2D eigenvalue weighted by atomic mass is 9.85. The zero-order chi connectivity index (χ0) is 17.2. The summed E-state index contributed by atoms with van der Waals surface area (Å²) in [6.07, 6.45) is 24.7. The molecule has 0 spiro atoms. The Hall–Kier alpha value is 0. The summed E-state index contributed by atoms with van der Waals surface area (Å²) in [7, 11) is 0. The summed E-state index contributed by atoms with van der Waals surface area (Å²) in [5, 5.41) is 0. The van der Waals surface area contributed by atoms with Crippen molar-refractivity contribution in [1.29, 1.82) is 0 Å². The van der Waals surface area contributed by atoms with Crippen molar-refractivity contribution >= 4 is 0 Å². The Bertz CT molecular complexity index is 208. The summed E-state index contributed by atoms with van der Waals surface area (Å²) < 4.78 is 0. The van der Waals surface area contributed by atoms with Gasteiger partial charge in [0.15, 0.2) is 0 Å². The largest absolute Gasteiger partial charge is 0.0654 e. The van der Waals surface area contributed by atoms with E-state index in [-0.39, 0.29) is 0 Å². The molecule has 0 saturated carbocycles. The molecular formula is C23H48. The van der Waals surface area contributed by atoms with Gasteiger partial charge in [0.25, 0.3) is 0 Å². The highest BCUT2D eigenvalue weighted by molar-refractivity contribution is 4.65. The summed E-state index contributed by atoms with van der Waals surface area (Å²) in [5.74, 6) is 1.98. The molecule has 0 aromatic heterocycles. The van der Waals surface area contributed by atoms with Crippen LogP contribution in [0.2, 0.25) is 0 Å². The van der Waals surface area contributed by atoms with Gasteiger partial charge in [-0.2, -0.15) is 0 Å². The van der Waals surface area contributed by atoms with Gasteiger partial charge in [-0.25, -0.2) is 0 Å². The third-order valence-corrected chi connectivity index (χ3v) is 5.47. The maximum atomic E-state index is 2.51. The third-order valence-electron chi connectivity index (χ3n) is 5.47. The molecule has 2 atom stereocenters. The van der Waals surface area contributed by atoms with E-state index in [2.05, 4.69) is 27.7 Å². The molecule has 0 aromatic rings. The van der Waals surface area contributed by atoms with Crippen LogP contribution in [-0.4, -0.2) is 0 Å². The van der Waals surface area contributed by atoms with Crippen LogP contribution >= 0.6 is 0 Å². The lowest BCUT2D eigenvalue weighted by Crippen LogP contribution is -2.07. The summed E-state index contributed by atoms with van der Waals surface area (Å²) in [4.78, 5) is 0. The minimum atomic E-state index is 0.957. The molecule has 140 valence electrons. The number of hydrogen-bond donors (Lipinski definition) is 0. The first-order valence-electron chi connectivity index (χ1n) is 11.2. The van der Waals surface area contributed by atoms with Gasteiger partial charge in [-0.3, -0.25) is 0 Å². The second-order valence-electron chi connectivity index (χ2n) is 8.11. The molecule has 0 nitrogen and oxygen atoms in total. The van der Waals surface area contributed by atoms with E-state index >= 15 is 0 Å². The van der Waals surface area contributed by atoms with Crippen molar-refractivity contribution in [2.75, 3.05) is 0 Å². The molecule has 0 fully saturated rings. The van der Waals surface area contributed by atoms with Crippen molar-refractivity contribution in [1.82, 2.24) is 0 Å². The van der Waals surface area contributed by atoms with Gasteiger partial charge in [-0.15, -0.1) is 0 Å². The van der Waals surface area contributed by atoms with Crippen molar-refractivity contribution in [2.45, 2.75) is 137 Å². The molecule has 0 amide bonds. The van der Waals surface area contributed by atoms with Gasteiger partial charge in [-0.05, 0) is 18.3 Å². The van der Waals surface area contributed by atoms with Gasteiger partial charge in [0, 0.05) is 0 Å². The van der Waals surface area contributed by atoms with Gasteiger partial charge < -0.3 is 0 Å². The number of rotatable bonds is 18. The van der Waals surface area contributed by atoms with Crippen LogP contribution in [0.15, 0.2) is 0 Å². The van der Waals surface area contributed by atoms with Crippen LogP contribution in [0.1, 0.15) is 137 Å². The van der Waals surface area contributed by atoms with Gasteiger partial charge >= 0.3 is 0 Å². The highest BCUT2D eigenvalue weighted by atomic mass is 14.2. The zero-order valence-corrected chi connectivity index (χ0v) is 17.2. The lowest BCUT2D eigenvalue weighted by molar-refractivity contribution is 0.314. The van der Waals surface area contributed by atoms with Crippen LogP contribution in [0.25, 0.3) is 0 Å². The van der Waals surface area contributed by atoms with E-state index in [1.54, 1.807) is 0 Å². The normalized spacial score (nSPS) is 14.1. The molecule has 0 bridgehead atoms. The van der Waals surface area contributed by atoms with Crippen molar-refractivity contribution in [2.24, 2.45) is 11.8 Å². The molecule has 0 aliphatic heterocycles. The van der Waals surface area contributed by atoms with Gasteiger partial charge in [0.2, 0.25) is 0 Å². The molecule has 0 aromatic carbocycles. The maximum Gasteiger partial charge on any atom is -0.0412 e. The van der Waals surface area contributed by atoms with Crippen LogP contribution in [0.3, 0.4) is 0 Å². The topological polar surface area (TPSA) is 0 Å². The van der Waals surface area contributed by atoms with Crippen LogP contribution in [-0.2, 0) is 0 Å². The monoisotopic (exact) mass is 324 g/mol. The lowest BCUT2D eigenvalue weighted by Gasteiger charge is -2.21. The van der Waals surface area contributed by atoms with E-state index in [0.29, 0.717) is 0 Å². The number of unbranched alkanes of at least 4 members (excludes halogenated alkanes) is 10. The highest BCUT2D eigenvalue weighted by Crippen LogP contribution is 2.27. The first kappa shape index (κ1) is 23.0. The molecule has 0 heterocycles. The average molecular weight is 325 g/mol. The molecule has 0 saturated heterocycles. The molecular weight excluding hydrogens is 276 g/mol. The molecule has 0 aliphatic rings. The summed E-state index contributed by atoms with van der Waals surface area (Å²) in [6.45, 7) is 9.47. The number of hydrogen-bond acceptors (Lipinski definition) is 0. The predicted octanol–water partition coefficient (Wildman–Crippen LogP) is 8.93. The van der Waals surface area contributed by atoms with Crippen LogP contribution < -0.4 is 0 Å². The van der Waals surface area contributed by atoms with Crippen molar-refractivity contribution in [3.8, 4) is 0 Å². The average Bonchev–Trinajstić information content (AvgIpc) is 2.54. The minimum Gasteiger partial charge on any atom is -0.0654 e. The molecule has 23 heavy (non-hydrogen) atoms. The first-order valence-corrected chi connectivity index (χ1v) is 11.2. The van der Waals surface area contributed by atoms with E-state index < -0.39 is 0 Å². The van der Waals surface area contributed by atoms with Crippen LogP contribution in [0, 0.1) is 11.8 Å². The Morgan fingerprint density at radius 1 is 0.478 bits per heavy atom. The second-order valence-corrected chi connectivity index (χ2v) is 8.11. The van der Waals surface area contributed by atoms with Crippen molar-refractivity contribution in [3.05, 3.63) is 0 Å². The van der Waals surface area contributed by atoms with Gasteiger partial charge in [-0.1, -0.05) is 130 Å². The summed E-state index contributed by atoms with van der Waals surface area (Å²) in [5.41, 5.74) is 0. The smallest absolute Gasteiger partial charge is 0.0412 e. The van der Waals surface area contributed by atoms with E-state index in [1.165, 1.54) is 109 Å². The fourth-order valence-electron chi connectivity index (χ4n) is 3.88. The van der Waals surface area contributed by atoms with E-state index in [4.69, 9.17) is 0 Å². The summed E-state index contributed by atoms with van der Waals surface area (Å²) in [6, 6.07) is 0. The van der Waals surface area contributed by atoms with E-state index in [1.807, 2.05) is 0 Å². The highest BCUT2D eigenvalue weighted by Gasteiger charge is 2.13. The third kappa shape index (κ3) is 16.6. The fraction of sp³-hybridized carbons (Fsp3) is 1.00. The zero-order valence-electron chi connectivity index (χ0n) is 17.2. The predicted molar refractivity (Wildman–Crippen MR) is 108 cm³/mol. The first-order chi connectivity index (χ1) is 11.2. The molecule has 0 N–H and O–H groups in total. The molecule has 0 rings (SSSR count). The second kappa shape index (κ2) is 18.3. The Balaban J connectivity index is 3.87. The molecule has 0 heteroatoms. The van der Waals surface area contributed by atoms with Crippen LogP contribution in [0.5, 0.6) is 0 Å². The Labute approximate surface area is 149 Å². The molecule has 0 radical (unpaired) electrons. The Kier molecular flexibility index (Phi) is 18.3. The van der Waals surface area contributed by atoms with Crippen molar-refractivity contribution < 1.29 is 0 Å². The quantitative estimate of drug-likeness (QED) is 0.221. The Morgan fingerprint density at radius 3 is 1.48 bits per heavy atom. The van der Waals surface area contributed by atoms with Crippen LogP contribution in [0.4, 0.5) is 0 Å². The maximum absolute atomic E-state index is 2.51. The van der Waals surface area contributed by atoms with Gasteiger partial charge in [0.05, 0.1) is 0 Å². The standard InChI is InChI=1S/C23H48/c1-5-8-11-13-14-17-20-23(19-15-10-7-3)21-22(4)18-16-12-9-6-2/h22-23H,5-21H2,1-4H3. The summed E-state index contributed by atoms with van der Waals surface area (Å²) >= 11 is 0. The van der Waals surface area contributed by atoms with Gasteiger partial charge in [0.1, 0.15) is 0 Å². The SMILES string of the molecule is CCCCCCCCC(CCCCC)CC(C)CCCCCC. The fourth-order valence-corrected chi connectivity index (χ4v) is 3.88. The van der Waals surface area contributed by atoms with E-state index in [0.717, 1.165) is 11.8 Å². The molecule has 2 unspecified atom stereocenters. The Morgan fingerprint density at radius 2 is 0.870 bits per heavy atom. The van der Waals surface area contributed by atoms with E-state index in [9.17, 15) is 0 Å². The molecule has 0 aliphatic carbocycles. The minimum absolute atomic E-state index is 0.957. The van der Waals surface area contributed by atoms with Crippen molar-refractivity contribution in [3.63, 3.8) is 0 Å².